The summed E-state index contributed by atoms with van der Waals surface area (Å²) >= 11 is 3.37. The second kappa shape index (κ2) is 6.93. The number of nitrogens with zero attached hydrogens (tertiary/aromatic N) is 1. The average Bonchev–Trinajstić information content (AvgIpc) is 2.45. The van der Waals surface area contributed by atoms with Crippen LogP contribution in [0.25, 0.3) is 0 Å². The summed E-state index contributed by atoms with van der Waals surface area (Å²) in [5.41, 5.74) is 6.80. The minimum Gasteiger partial charge on any atom is -0.481 e. The number of hydrogen-bond donors (Lipinski definition) is 2. The van der Waals surface area contributed by atoms with Crippen molar-refractivity contribution in [3.05, 3.63) is 28.2 Å². The maximum Gasteiger partial charge on any atom is 0.303 e. The monoisotopic (exact) mass is 354 g/mol. The summed E-state index contributed by atoms with van der Waals surface area (Å²) in [5, 5.41) is 8.78. The van der Waals surface area contributed by atoms with Crippen LogP contribution < -0.4 is 10.6 Å². The standard InChI is InChI=1S/C15H19BrN2O3/c16-13-8-11(4-5-12(13)15(17)21)18-7-1-2-10(9-18)3-6-14(19)20/h4-5,8,10H,1-3,6-7,9H2,(H2,17,21)(H,19,20). The molecule has 1 saturated heterocycles. The van der Waals surface area contributed by atoms with Crippen molar-refractivity contribution in [3.63, 3.8) is 0 Å². The lowest BCUT2D eigenvalue weighted by Crippen LogP contribution is -2.35. The molecule has 1 unspecified atom stereocenters. The molecule has 1 atom stereocenters. The first-order chi connectivity index (χ1) is 9.97. The Bertz CT molecular complexity index is 548. The Hall–Kier alpha value is -1.56. The Morgan fingerprint density at radius 2 is 2.19 bits per heavy atom. The van der Waals surface area contributed by atoms with Crippen molar-refractivity contribution in [1.82, 2.24) is 0 Å². The highest BCUT2D eigenvalue weighted by molar-refractivity contribution is 9.10. The second-order valence-electron chi connectivity index (χ2n) is 5.42. The highest BCUT2D eigenvalue weighted by atomic mass is 79.9. The number of rotatable bonds is 5. The van der Waals surface area contributed by atoms with Gasteiger partial charge in [-0.3, -0.25) is 9.59 Å². The van der Waals surface area contributed by atoms with Crippen molar-refractivity contribution < 1.29 is 14.7 Å². The number of halogens is 1. The molecule has 1 aromatic rings. The van der Waals surface area contributed by atoms with E-state index in [0.717, 1.165) is 31.6 Å². The van der Waals surface area contributed by atoms with Crippen LogP contribution in [-0.4, -0.2) is 30.1 Å². The molecule has 1 amide bonds. The normalized spacial score (nSPS) is 18.5. The van der Waals surface area contributed by atoms with Gasteiger partial charge in [-0.15, -0.1) is 0 Å². The first-order valence-corrected chi connectivity index (χ1v) is 7.82. The fourth-order valence-corrected chi connectivity index (χ4v) is 3.33. The number of piperidine rings is 1. The summed E-state index contributed by atoms with van der Waals surface area (Å²) in [7, 11) is 0. The molecule has 1 heterocycles. The Kier molecular flexibility index (Phi) is 5.22. The predicted molar refractivity (Wildman–Crippen MR) is 84.5 cm³/mol. The molecule has 5 nitrogen and oxygen atoms in total. The lowest BCUT2D eigenvalue weighted by atomic mass is 9.93. The molecule has 0 saturated carbocycles. The van der Waals surface area contributed by atoms with E-state index in [4.69, 9.17) is 10.8 Å². The smallest absolute Gasteiger partial charge is 0.303 e. The molecule has 0 bridgehead atoms. The summed E-state index contributed by atoms with van der Waals surface area (Å²) < 4.78 is 0.695. The minimum atomic E-state index is -0.735. The summed E-state index contributed by atoms with van der Waals surface area (Å²) in [6.07, 6.45) is 3.07. The van der Waals surface area contributed by atoms with Crippen LogP contribution in [0.4, 0.5) is 5.69 Å². The van der Waals surface area contributed by atoms with Crippen molar-refractivity contribution in [3.8, 4) is 0 Å². The van der Waals surface area contributed by atoms with Crippen LogP contribution in [0.5, 0.6) is 0 Å². The minimum absolute atomic E-state index is 0.225. The molecule has 6 heteroatoms. The number of primary amides is 1. The van der Waals surface area contributed by atoms with Gasteiger partial charge in [0.2, 0.25) is 5.91 Å². The van der Waals surface area contributed by atoms with Gasteiger partial charge in [0.15, 0.2) is 0 Å². The van der Waals surface area contributed by atoms with Gasteiger partial charge >= 0.3 is 5.97 Å². The first-order valence-electron chi connectivity index (χ1n) is 7.03. The van der Waals surface area contributed by atoms with Gasteiger partial charge in [0.05, 0.1) is 5.56 Å². The Morgan fingerprint density at radius 3 is 2.81 bits per heavy atom. The predicted octanol–water partition coefficient (Wildman–Crippen LogP) is 2.63. The molecule has 1 fully saturated rings. The zero-order valence-electron chi connectivity index (χ0n) is 11.7. The van der Waals surface area contributed by atoms with E-state index in [2.05, 4.69) is 20.8 Å². The van der Waals surface area contributed by atoms with Crippen LogP contribution in [0.3, 0.4) is 0 Å². The van der Waals surface area contributed by atoms with E-state index < -0.39 is 11.9 Å². The van der Waals surface area contributed by atoms with Gasteiger partial charge in [0, 0.05) is 29.7 Å². The van der Waals surface area contributed by atoms with Crippen molar-refractivity contribution in [2.45, 2.75) is 25.7 Å². The summed E-state index contributed by atoms with van der Waals surface area (Å²) in [4.78, 5) is 24.2. The Morgan fingerprint density at radius 1 is 1.43 bits per heavy atom. The van der Waals surface area contributed by atoms with E-state index in [-0.39, 0.29) is 6.42 Å². The molecule has 3 N–H and O–H groups in total. The molecular formula is C15H19BrN2O3. The van der Waals surface area contributed by atoms with Crippen molar-refractivity contribution in [2.24, 2.45) is 11.7 Å². The highest BCUT2D eigenvalue weighted by Gasteiger charge is 2.21. The van der Waals surface area contributed by atoms with Gasteiger partial charge in [0.25, 0.3) is 0 Å². The van der Waals surface area contributed by atoms with E-state index in [9.17, 15) is 9.59 Å². The number of carbonyl (C=O) groups excluding carboxylic acids is 1. The van der Waals surface area contributed by atoms with Crippen molar-refractivity contribution in [1.29, 1.82) is 0 Å². The molecule has 2 rings (SSSR count). The third kappa shape index (κ3) is 4.20. The van der Waals surface area contributed by atoms with Gasteiger partial charge in [-0.1, -0.05) is 0 Å². The zero-order chi connectivity index (χ0) is 15.4. The van der Waals surface area contributed by atoms with E-state index >= 15 is 0 Å². The molecular weight excluding hydrogens is 336 g/mol. The number of amides is 1. The largest absolute Gasteiger partial charge is 0.481 e. The Balaban J connectivity index is 2.05. The lowest BCUT2D eigenvalue weighted by Gasteiger charge is -2.34. The lowest BCUT2D eigenvalue weighted by molar-refractivity contribution is -0.137. The third-order valence-corrected chi connectivity index (χ3v) is 4.52. The second-order valence-corrected chi connectivity index (χ2v) is 6.27. The fourth-order valence-electron chi connectivity index (χ4n) is 2.76. The Labute approximate surface area is 132 Å². The molecule has 0 radical (unpaired) electrons. The summed E-state index contributed by atoms with van der Waals surface area (Å²) in [5.74, 6) is -0.781. The van der Waals surface area contributed by atoms with Gasteiger partial charge in [-0.2, -0.15) is 0 Å². The summed E-state index contributed by atoms with van der Waals surface area (Å²) in [6.45, 7) is 1.81. The molecule has 0 spiro atoms. The van der Waals surface area contributed by atoms with Crippen LogP contribution in [0.2, 0.25) is 0 Å². The number of aliphatic carboxylic acids is 1. The van der Waals surface area contributed by atoms with Crippen molar-refractivity contribution >= 4 is 33.5 Å². The molecule has 21 heavy (non-hydrogen) atoms. The molecule has 1 aliphatic heterocycles. The third-order valence-electron chi connectivity index (χ3n) is 3.87. The number of benzene rings is 1. The number of carboxylic acid groups (broad SMARTS) is 1. The number of nitrogens with two attached hydrogens (primary N) is 1. The fraction of sp³-hybridized carbons (Fsp3) is 0.467. The molecule has 1 aromatic carbocycles. The van der Waals surface area contributed by atoms with Gasteiger partial charge in [0.1, 0.15) is 0 Å². The highest BCUT2D eigenvalue weighted by Crippen LogP contribution is 2.29. The first kappa shape index (κ1) is 15.8. The quantitative estimate of drug-likeness (QED) is 0.851. The topological polar surface area (TPSA) is 83.6 Å². The zero-order valence-corrected chi connectivity index (χ0v) is 13.3. The molecule has 0 aliphatic carbocycles. The van der Waals surface area contributed by atoms with E-state index in [1.54, 1.807) is 6.07 Å². The van der Waals surface area contributed by atoms with E-state index in [1.807, 2.05) is 12.1 Å². The maximum absolute atomic E-state index is 11.2. The van der Waals surface area contributed by atoms with Crippen molar-refractivity contribution in [2.75, 3.05) is 18.0 Å². The molecule has 1 aliphatic rings. The molecule has 0 aromatic heterocycles. The van der Waals surface area contributed by atoms with Crippen LogP contribution in [-0.2, 0) is 4.79 Å². The SMILES string of the molecule is NC(=O)c1ccc(N2CCCC(CCC(=O)O)C2)cc1Br. The number of hydrogen-bond acceptors (Lipinski definition) is 3. The van der Waals surface area contributed by atoms with Crippen LogP contribution in [0.15, 0.2) is 22.7 Å². The molecule has 114 valence electrons. The van der Waals surface area contributed by atoms with E-state index in [0.29, 0.717) is 22.4 Å². The van der Waals surface area contributed by atoms with Gasteiger partial charge < -0.3 is 15.7 Å². The average molecular weight is 355 g/mol. The van der Waals surface area contributed by atoms with Crippen LogP contribution in [0, 0.1) is 5.92 Å². The van der Waals surface area contributed by atoms with Gasteiger partial charge in [-0.25, -0.2) is 0 Å². The summed E-state index contributed by atoms with van der Waals surface area (Å²) in [6, 6.07) is 5.52. The number of carboxylic acids is 1. The number of carbonyl (C=O) groups is 2. The number of anilines is 1. The van der Waals surface area contributed by atoms with Crippen LogP contribution >= 0.6 is 15.9 Å². The van der Waals surface area contributed by atoms with Crippen LogP contribution in [0.1, 0.15) is 36.0 Å². The van der Waals surface area contributed by atoms with Gasteiger partial charge in [-0.05, 0) is 59.3 Å². The maximum atomic E-state index is 11.2. The van der Waals surface area contributed by atoms with E-state index in [1.165, 1.54) is 0 Å².